The van der Waals surface area contributed by atoms with Crippen LogP contribution in [0.4, 0.5) is 0 Å². The number of carbonyl (C=O) groups is 1. The van der Waals surface area contributed by atoms with E-state index in [1.807, 2.05) is 25.1 Å². The van der Waals surface area contributed by atoms with E-state index in [0.717, 1.165) is 11.3 Å². The normalized spacial score (nSPS) is 12.1. The molecule has 0 spiro atoms. The maximum atomic E-state index is 12.5. The quantitative estimate of drug-likeness (QED) is 0.753. The molecule has 1 amide bonds. The number of rotatable bonds is 6. The molecular weight excluding hydrogens is 365 g/mol. The summed E-state index contributed by atoms with van der Waals surface area (Å²) in [6.45, 7) is 3.04. The Morgan fingerprint density at radius 2 is 1.96 bits per heavy atom. The summed E-state index contributed by atoms with van der Waals surface area (Å²) >= 11 is 12.0. The second-order valence-electron chi connectivity index (χ2n) is 5.46. The van der Waals surface area contributed by atoms with Crippen molar-refractivity contribution < 1.29 is 19.0 Å². The van der Waals surface area contributed by atoms with Crippen molar-refractivity contribution >= 4 is 29.1 Å². The second kappa shape index (κ2) is 7.85. The number of carbonyl (C=O) groups excluding carboxylic acids is 1. The fourth-order valence-electron chi connectivity index (χ4n) is 2.45. The predicted molar refractivity (Wildman–Crippen MR) is 95.6 cm³/mol. The highest BCUT2D eigenvalue weighted by Crippen LogP contribution is 2.33. The first-order chi connectivity index (χ1) is 12.1. The zero-order chi connectivity index (χ0) is 17.8. The maximum absolute atomic E-state index is 12.5. The van der Waals surface area contributed by atoms with Crippen LogP contribution in [0.5, 0.6) is 17.2 Å². The van der Waals surface area contributed by atoms with E-state index in [9.17, 15) is 4.79 Å². The minimum Gasteiger partial charge on any atom is -0.482 e. The van der Waals surface area contributed by atoms with Gasteiger partial charge in [-0.1, -0.05) is 29.3 Å². The Hall–Kier alpha value is -2.11. The number of hydrogen-bond donors (Lipinski definition) is 0. The van der Waals surface area contributed by atoms with E-state index >= 15 is 0 Å². The Morgan fingerprint density at radius 3 is 2.76 bits per heavy atom. The molecule has 132 valence electrons. The summed E-state index contributed by atoms with van der Waals surface area (Å²) in [6.07, 6.45) is 0. The van der Waals surface area contributed by atoms with Gasteiger partial charge in [0, 0.05) is 24.2 Å². The number of halogens is 2. The molecule has 0 atom stereocenters. The van der Waals surface area contributed by atoms with Gasteiger partial charge >= 0.3 is 0 Å². The molecule has 25 heavy (non-hydrogen) atoms. The van der Waals surface area contributed by atoms with Crippen LogP contribution in [-0.4, -0.2) is 30.8 Å². The van der Waals surface area contributed by atoms with Crippen molar-refractivity contribution in [1.29, 1.82) is 0 Å². The van der Waals surface area contributed by atoms with E-state index in [4.69, 9.17) is 37.4 Å². The van der Waals surface area contributed by atoms with Crippen LogP contribution >= 0.6 is 23.2 Å². The third-order valence-electron chi connectivity index (χ3n) is 3.79. The van der Waals surface area contributed by atoms with Crippen molar-refractivity contribution in [3.05, 3.63) is 52.0 Å². The Labute approximate surface area is 156 Å². The summed E-state index contributed by atoms with van der Waals surface area (Å²) in [7, 11) is 0. The highest BCUT2D eigenvalue weighted by atomic mass is 35.5. The molecule has 0 bridgehead atoms. The zero-order valence-corrected chi connectivity index (χ0v) is 15.1. The van der Waals surface area contributed by atoms with Gasteiger partial charge < -0.3 is 19.1 Å². The van der Waals surface area contributed by atoms with E-state index in [0.29, 0.717) is 34.6 Å². The van der Waals surface area contributed by atoms with Crippen LogP contribution in [0.25, 0.3) is 0 Å². The van der Waals surface area contributed by atoms with Crippen molar-refractivity contribution in [2.75, 3.05) is 19.9 Å². The van der Waals surface area contributed by atoms with Gasteiger partial charge in [-0.2, -0.15) is 0 Å². The average molecular weight is 382 g/mol. The fraction of sp³-hybridized carbons (Fsp3) is 0.278. The number of likely N-dealkylation sites (N-methyl/N-ethyl adjacent to an activating group) is 1. The van der Waals surface area contributed by atoms with Crippen LogP contribution < -0.4 is 14.2 Å². The van der Waals surface area contributed by atoms with Crippen molar-refractivity contribution in [3.8, 4) is 17.2 Å². The Kier molecular flexibility index (Phi) is 5.56. The lowest BCUT2D eigenvalue weighted by Crippen LogP contribution is -2.34. The molecule has 7 heteroatoms. The first-order valence-corrected chi connectivity index (χ1v) is 8.56. The molecule has 0 unspecified atom stereocenters. The Morgan fingerprint density at radius 1 is 1.16 bits per heavy atom. The second-order valence-corrected chi connectivity index (χ2v) is 6.30. The molecule has 0 fully saturated rings. The Balaban J connectivity index is 1.62. The third kappa shape index (κ3) is 4.30. The van der Waals surface area contributed by atoms with E-state index in [1.54, 1.807) is 23.1 Å². The Bertz CT molecular complexity index is 782. The molecule has 1 aliphatic heterocycles. The van der Waals surface area contributed by atoms with Crippen molar-refractivity contribution in [2.24, 2.45) is 0 Å². The van der Waals surface area contributed by atoms with Crippen molar-refractivity contribution in [1.82, 2.24) is 4.90 Å². The van der Waals surface area contributed by atoms with Crippen LogP contribution in [-0.2, 0) is 11.3 Å². The number of nitrogens with zero attached hydrogens (tertiary/aromatic N) is 1. The first-order valence-electron chi connectivity index (χ1n) is 7.81. The molecule has 1 aliphatic rings. The molecule has 0 aromatic heterocycles. The van der Waals surface area contributed by atoms with Gasteiger partial charge in [0.1, 0.15) is 5.75 Å². The first kappa shape index (κ1) is 17.7. The summed E-state index contributed by atoms with van der Waals surface area (Å²) < 4.78 is 16.2. The van der Waals surface area contributed by atoms with E-state index in [2.05, 4.69) is 0 Å². The summed E-state index contributed by atoms with van der Waals surface area (Å²) in [4.78, 5) is 14.1. The summed E-state index contributed by atoms with van der Waals surface area (Å²) in [5.41, 5.74) is 0.959. The van der Waals surface area contributed by atoms with Crippen LogP contribution in [0, 0.1) is 0 Å². The molecule has 0 aliphatic carbocycles. The van der Waals surface area contributed by atoms with Gasteiger partial charge in [0.15, 0.2) is 18.1 Å². The number of benzene rings is 2. The summed E-state index contributed by atoms with van der Waals surface area (Å²) in [6, 6.07) is 10.5. The lowest BCUT2D eigenvalue weighted by Gasteiger charge is -2.21. The van der Waals surface area contributed by atoms with Crippen molar-refractivity contribution in [2.45, 2.75) is 13.5 Å². The minimum atomic E-state index is -0.142. The fourth-order valence-corrected chi connectivity index (χ4v) is 2.79. The van der Waals surface area contributed by atoms with E-state index in [-0.39, 0.29) is 19.3 Å². The smallest absolute Gasteiger partial charge is 0.260 e. The summed E-state index contributed by atoms with van der Waals surface area (Å²) in [5, 5.41) is 0.913. The lowest BCUT2D eigenvalue weighted by atomic mass is 10.2. The molecular formula is C18H17Cl2NO4. The van der Waals surface area contributed by atoms with E-state index in [1.165, 1.54) is 0 Å². The molecule has 2 aromatic carbocycles. The van der Waals surface area contributed by atoms with Gasteiger partial charge in [0.25, 0.3) is 5.91 Å². The molecule has 3 rings (SSSR count). The van der Waals surface area contributed by atoms with Crippen LogP contribution in [0.2, 0.25) is 10.0 Å². The van der Waals surface area contributed by atoms with Gasteiger partial charge in [-0.15, -0.1) is 0 Å². The molecule has 0 N–H and O–H groups in total. The monoisotopic (exact) mass is 381 g/mol. The van der Waals surface area contributed by atoms with Gasteiger partial charge in [0.2, 0.25) is 6.79 Å². The maximum Gasteiger partial charge on any atom is 0.260 e. The number of ether oxygens (including phenoxy) is 3. The predicted octanol–water partition coefficient (Wildman–Crippen LogP) is 4.15. The van der Waals surface area contributed by atoms with Crippen LogP contribution in [0.15, 0.2) is 36.4 Å². The minimum absolute atomic E-state index is 0.113. The molecule has 0 saturated heterocycles. The topological polar surface area (TPSA) is 48.0 Å². The van der Waals surface area contributed by atoms with Crippen LogP contribution in [0.1, 0.15) is 12.5 Å². The summed E-state index contributed by atoms with van der Waals surface area (Å²) in [5.74, 6) is 1.66. The number of amides is 1. The number of hydrogen-bond acceptors (Lipinski definition) is 4. The SMILES string of the molecule is CCN(Cc1ccc2c(c1)OCO2)C(=O)COc1cc(Cl)ccc1Cl. The van der Waals surface area contributed by atoms with Gasteiger partial charge in [-0.3, -0.25) is 4.79 Å². The largest absolute Gasteiger partial charge is 0.482 e. The molecule has 5 nitrogen and oxygen atoms in total. The zero-order valence-electron chi connectivity index (χ0n) is 13.6. The molecule has 0 saturated carbocycles. The molecule has 2 aromatic rings. The highest BCUT2D eigenvalue weighted by Gasteiger charge is 2.17. The van der Waals surface area contributed by atoms with Crippen molar-refractivity contribution in [3.63, 3.8) is 0 Å². The van der Waals surface area contributed by atoms with E-state index < -0.39 is 0 Å². The van der Waals surface area contributed by atoms with Gasteiger partial charge in [-0.05, 0) is 36.8 Å². The third-order valence-corrected chi connectivity index (χ3v) is 4.34. The number of fused-ring (bicyclic) bond motifs is 1. The lowest BCUT2D eigenvalue weighted by molar-refractivity contribution is -0.133. The highest BCUT2D eigenvalue weighted by molar-refractivity contribution is 6.34. The molecule has 0 radical (unpaired) electrons. The molecule has 1 heterocycles. The van der Waals surface area contributed by atoms with Crippen LogP contribution in [0.3, 0.4) is 0 Å². The van der Waals surface area contributed by atoms with Gasteiger partial charge in [0.05, 0.1) is 5.02 Å². The average Bonchev–Trinajstić information content (AvgIpc) is 3.07. The van der Waals surface area contributed by atoms with Gasteiger partial charge in [-0.25, -0.2) is 0 Å². The standard InChI is InChI=1S/C18H17Cl2NO4/c1-2-21(9-12-3-6-15-17(7-12)25-11-24-15)18(22)10-23-16-8-13(19)4-5-14(16)20/h3-8H,2,9-11H2,1H3.